The number of carbonyl (C=O) groups is 2. The van der Waals surface area contributed by atoms with Crippen LogP contribution in [-0.4, -0.2) is 35.2 Å². The zero-order chi connectivity index (χ0) is 19.2. The highest BCUT2D eigenvalue weighted by atomic mass is 16.5. The molecule has 0 aliphatic heterocycles. The van der Waals surface area contributed by atoms with Crippen molar-refractivity contribution in [1.82, 2.24) is 9.78 Å². The number of nitrogens with zero attached hydrogens (tertiary/aromatic N) is 2. The summed E-state index contributed by atoms with van der Waals surface area (Å²) in [6, 6.07) is 14.0. The molecule has 0 spiro atoms. The van der Waals surface area contributed by atoms with Gasteiger partial charge in [0.05, 0.1) is 12.8 Å². The van der Waals surface area contributed by atoms with Gasteiger partial charge in [-0.25, -0.2) is 4.68 Å². The van der Waals surface area contributed by atoms with E-state index in [1.807, 2.05) is 30.5 Å². The van der Waals surface area contributed by atoms with Gasteiger partial charge in [-0.05, 0) is 49.4 Å². The number of aromatic nitrogens is 2. The smallest absolute Gasteiger partial charge is 0.262 e. The second-order valence-corrected chi connectivity index (χ2v) is 5.76. The van der Waals surface area contributed by atoms with Crippen LogP contribution >= 0.6 is 0 Å². The van der Waals surface area contributed by atoms with Crippen molar-refractivity contribution in [2.24, 2.45) is 0 Å². The highest BCUT2D eigenvalue weighted by Crippen LogP contribution is 2.28. The summed E-state index contributed by atoms with van der Waals surface area (Å²) in [4.78, 5) is 23.6. The highest BCUT2D eigenvalue weighted by Gasteiger charge is 2.11. The number of nitrogens with one attached hydrogen (secondary N) is 1. The Bertz CT molecular complexity index is 952. The molecule has 138 valence electrons. The van der Waals surface area contributed by atoms with Crippen molar-refractivity contribution < 1.29 is 19.1 Å². The molecule has 0 saturated carbocycles. The number of methoxy groups -OCH3 is 1. The third-order valence-corrected chi connectivity index (χ3v) is 3.83. The summed E-state index contributed by atoms with van der Waals surface area (Å²) in [5.74, 6) is 0.402. The van der Waals surface area contributed by atoms with E-state index in [-0.39, 0.29) is 18.3 Å². The summed E-state index contributed by atoms with van der Waals surface area (Å²) in [5, 5.41) is 6.94. The Morgan fingerprint density at radius 3 is 2.67 bits per heavy atom. The molecule has 0 unspecified atom stereocenters. The van der Waals surface area contributed by atoms with E-state index in [1.165, 1.54) is 14.0 Å². The molecule has 0 fully saturated rings. The van der Waals surface area contributed by atoms with Gasteiger partial charge in [0.2, 0.25) is 0 Å². The molecule has 7 heteroatoms. The summed E-state index contributed by atoms with van der Waals surface area (Å²) in [5.41, 5.74) is 1.98. The van der Waals surface area contributed by atoms with Crippen LogP contribution in [0.15, 0.2) is 60.9 Å². The lowest BCUT2D eigenvalue weighted by Crippen LogP contribution is -2.20. The Hall–Kier alpha value is -3.61. The standard InChI is InChI=1S/C20H19N3O4/c1-14(24)15-7-8-18(19(11-15)26-2)27-13-20(25)22-16-5-3-6-17(12-16)23-10-4-9-21-23/h3-12H,13H2,1-2H3,(H,22,25). The van der Waals surface area contributed by atoms with E-state index in [1.54, 1.807) is 35.1 Å². The molecular weight excluding hydrogens is 346 g/mol. The molecule has 0 aliphatic carbocycles. The van der Waals surface area contributed by atoms with E-state index < -0.39 is 0 Å². The fraction of sp³-hybridized carbons (Fsp3) is 0.150. The average Bonchev–Trinajstić information content (AvgIpc) is 3.21. The van der Waals surface area contributed by atoms with Crippen molar-refractivity contribution in [2.45, 2.75) is 6.92 Å². The molecule has 0 aliphatic rings. The summed E-state index contributed by atoms with van der Waals surface area (Å²) in [7, 11) is 1.48. The van der Waals surface area contributed by atoms with Crippen molar-refractivity contribution in [3.8, 4) is 17.2 Å². The van der Waals surface area contributed by atoms with E-state index >= 15 is 0 Å². The zero-order valence-electron chi connectivity index (χ0n) is 15.0. The first-order chi connectivity index (χ1) is 13.1. The third-order valence-electron chi connectivity index (χ3n) is 3.83. The van der Waals surface area contributed by atoms with Gasteiger partial charge in [0.25, 0.3) is 5.91 Å². The molecule has 27 heavy (non-hydrogen) atoms. The maximum Gasteiger partial charge on any atom is 0.262 e. The number of rotatable bonds is 7. The Labute approximate surface area is 156 Å². The molecular formula is C20H19N3O4. The number of Topliss-reactive ketones (excluding diaryl/α,β-unsaturated/α-hetero) is 1. The van der Waals surface area contributed by atoms with Gasteiger partial charge in [-0.3, -0.25) is 9.59 Å². The van der Waals surface area contributed by atoms with Crippen LogP contribution in [0.1, 0.15) is 17.3 Å². The van der Waals surface area contributed by atoms with Gasteiger partial charge in [-0.2, -0.15) is 5.10 Å². The second-order valence-electron chi connectivity index (χ2n) is 5.76. The number of benzene rings is 2. The van der Waals surface area contributed by atoms with Crippen LogP contribution in [0.5, 0.6) is 11.5 Å². The quantitative estimate of drug-likeness (QED) is 0.651. The van der Waals surface area contributed by atoms with Crippen LogP contribution in [0.25, 0.3) is 5.69 Å². The minimum atomic E-state index is -0.315. The van der Waals surface area contributed by atoms with Gasteiger partial charge >= 0.3 is 0 Å². The molecule has 1 amide bonds. The summed E-state index contributed by atoms with van der Waals surface area (Å²) < 4.78 is 12.5. The number of carbonyl (C=O) groups excluding carboxylic acids is 2. The molecule has 0 saturated heterocycles. The molecule has 0 radical (unpaired) electrons. The molecule has 0 bridgehead atoms. The summed E-state index contributed by atoms with van der Waals surface area (Å²) in [6.07, 6.45) is 3.50. The molecule has 3 aromatic rings. The van der Waals surface area contributed by atoms with Crippen LogP contribution in [0.4, 0.5) is 5.69 Å². The molecule has 1 heterocycles. The van der Waals surface area contributed by atoms with E-state index in [0.717, 1.165) is 5.69 Å². The summed E-state index contributed by atoms with van der Waals surface area (Å²) in [6.45, 7) is 1.28. The minimum absolute atomic E-state index is 0.0744. The molecule has 0 atom stereocenters. The van der Waals surface area contributed by atoms with Crippen LogP contribution < -0.4 is 14.8 Å². The van der Waals surface area contributed by atoms with Gasteiger partial charge in [0, 0.05) is 23.6 Å². The SMILES string of the molecule is COc1cc(C(C)=O)ccc1OCC(=O)Nc1cccc(-n2cccn2)c1. The number of hydrogen-bond donors (Lipinski definition) is 1. The lowest BCUT2D eigenvalue weighted by atomic mass is 10.1. The van der Waals surface area contributed by atoms with Gasteiger partial charge < -0.3 is 14.8 Å². The van der Waals surface area contributed by atoms with Gasteiger partial charge in [0.1, 0.15) is 0 Å². The fourth-order valence-electron chi connectivity index (χ4n) is 2.49. The largest absolute Gasteiger partial charge is 0.493 e. The predicted octanol–water partition coefficient (Wildman–Crippen LogP) is 3.10. The monoisotopic (exact) mass is 365 g/mol. The Morgan fingerprint density at radius 1 is 1.11 bits per heavy atom. The minimum Gasteiger partial charge on any atom is -0.493 e. The maximum absolute atomic E-state index is 12.2. The molecule has 1 aromatic heterocycles. The Kier molecular flexibility index (Phi) is 5.51. The lowest BCUT2D eigenvalue weighted by Gasteiger charge is -2.12. The van der Waals surface area contributed by atoms with Crippen molar-refractivity contribution in [3.63, 3.8) is 0 Å². The number of hydrogen-bond acceptors (Lipinski definition) is 5. The molecule has 3 rings (SSSR count). The maximum atomic E-state index is 12.2. The first kappa shape index (κ1) is 18.2. The zero-order valence-corrected chi connectivity index (χ0v) is 15.0. The first-order valence-corrected chi connectivity index (χ1v) is 8.28. The normalized spacial score (nSPS) is 10.3. The van der Waals surface area contributed by atoms with Crippen molar-refractivity contribution >= 4 is 17.4 Å². The number of amides is 1. The van der Waals surface area contributed by atoms with Crippen LogP contribution in [0.3, 0.4) is 0 Å². The Balaban J connectivity index is 1.63. The molecule has 7 nitrogen and oxygen atoms in total. The van der Waals surface area contributed by atoms with Crippen molar-refractivity contribution in [1.29, 1.82) is 0 Å². The van der Waals surface area contributed by atoms with Crippen molar-refractivity contribution in [2.75, 3.05) is 19.0 Å². The highest BCUT2D eigenvalue weighted by molar-refractivity contribution is 5.95. The van der Waals surface area contributed by atoms with Gasteiger partial charge in [0.15, 0.2) is 23.9 Å². The molecule has 1 N–H and O–H groups in total. The fourth-order valence-corrected chi connectivity index (χ4v) is 2.49. The predicted molar refractivity (Wildman–Crippen MR) is 101 cm³/mol. The van der Waals surface area contributed by atoms with E-state index in [0.29, 0.717) is 22.7 Å². The number of anilines is 1. The number of ketones is 1. The van der Waals surface area contributed by atoms with Crippen LogP contribution in [-0.2, 0) is 4.79 Å². The van der Waals surface area contributed by atoms with E-state index in [9.17, 15) is 9.59 Å². The molecule has 2 aromatic carbocycles. The van der Waals surface area contributed by atoms with Crippen molar-refractivity contribution in [3.05, 3.63) is 66.5 Å². The Morgan fingerprint density at radius 2 is 1.96 bits per heavy atom. The van der Waals surface area contributed by atoms with Crippen LogP contribution in [0, 0.1) is 0 Å². The average molecular weight is 365 g/mol. The number of ether oxygens (including phenoxy) is 2. The topological polar surface area (TPSA) is 82.5 Å². The van der Waals surface area contributed by atoms with Gasteiger partial charge in [-0.1, -0.05) is 6.07 Å². The lowest BCUT2D eigenvalue weighted by molar-refractivity contribution is -0.118. The third kappa shape index (κ3) is 4.52. The van der Waals surface area contributed by atoms with E-state index in [2.05, 4.69) is 10.4 Å². The van der Waals surface area contributed by atoms with Gasteiger partial charge in [-0.15, -0.1) is 0 Å². The summed E-state index contributed by atoms with van der Waals surface area (Å²) >= 11 is 0. The van der Waals surface area contributed by atoms with Crippen LogP contribution in [0.2, 0.25) is 0 Å². The second kappa shape index (κ2) is 8.18. The van der Waals surface area contributed by atoms with E-state index in [4.69, 9.17) is 9.47 Å². The first-order valence-electron chi connectivity index (χ1n) is 8.28.